The van der Waals surface area contributed by atoms with Gasteiger partial charge in [-0.3, -0.25) is 4.68 Å². The Morgan fingerprint density at radius 3 is 2.52 bits per heavy atom. The van der Waals surface area contributed by atoms with Gasteiger partial charge in [-0.1, -0.05) is 26.0 Å². The lowest BCUT2D eigenvalue weighted by atomic mass is 10.1. The van der Waals surface area contributed by atoms with Crippen LogP contribution in [-0.2, 0) is 33.0 Å². The lowest BCUT2D eigenvalue weighted by Gasteiger charge is -2.12. The van der Waals surface area contributed by atoms with Crippen LogP contribution < -0.4 is 10.6 Å². The Hall–Kier alpha value is -1.64. The van der Waals surface area contributed by atoms with Crippen molar-refractivity contribution in [1.82, 2.24) is 20.4 Å². The Morgan fingerprint density at radius 2 is 1.93 bits per heavy atom. The molecule has 0 spiro atoms. The highest BCUT2D eigenvalue weighted by molar-refractivity contribution is 14.0. The van der Waals surface area contributed by atoms with Crippen molar-refractivity contribution < 1.29 is 4.39 Å². The zero-order valence-corrected chi connectivity index (χ0v) is 19.2. The van der Waals surface area contributed by atoms with Gasteiger partial charge in [0.1, 0.15) is 5.82 Å². The number of nitrogens with one attached hydrogen (secondary N) is 2. The lowest BCUT2D eigenvalue weighted by Crippen LogP contribution is -2.37. The molecule has 2 N–H and O–H groups in total. The maximum atomic E-state index is 13.7. The van der Waals surface area contributed by atoms with Gasteiger partial charge >= 0.3 is 0 Å². The van der Waals surface area contributed by atoms with E-state index in [1.807, 2.05) is 24.7 Å². The minimum absolute atomic E-state index is 0. The highest BCUT2D eigenvalue weighted by Gasteiger charge is 2.13. The van der Waals surface area contributed by atoms with E-state index >= 15 is 0 Å². The Bertz CT molecular complexity index is 770. The second-order valence-electron chi connectivity index (χ2n) is 6.33. The number of aliphatic imine (C=N–C) groups is 1. The predicted octanol–water partition coefficient (Wildman–Crippen LogP) is 3.87. The molecule has 150 valence electrons. The number of aromatic nitrogens is 2. The summed E-state index contributed by atoms with van der Waals surface area (Å²) in [5.74, 6) is 0.535. The summed E-state index contributed by atoms with van der Waals surface area (Å²) < 4.78 is 15.7. The second kappa shape index (κ2) is 11.3. The minimum Gasteiger partial charge on any atom is -0.357 e. The van der Waals surface area contributed by atoms with Crippen molar-refractivity contribution >= 4 is 29.9 Å². The van der Waals surface area contributed by atoms with Crippen molar-refractivity contribution in [3.63, 3.8) is 0 Å². The maximum Gasteiger partial charge on any atom is 0.191 e. The van der Waals surface area contributed by atoms with Gasteiger partial charge in [0.2, 0.25) is 0 Å². The molecule has 2 aromatic rings. The highest BCUT2D eigenvalue weighted by atomic mass is 127. The van der Waals surface area contributed by atoms with E-state index in [9.17, 15) is 4.39 Å². The molecule has 1 heterocycles. The SMILES string of the molecule is CCNC(=NCc1ccc(C)c(F)c1)NCc1c(CC)nn(C)c1CC.I. The molecule has 0 saturated carbocycles. The highest BCUT2D eigenvalue weighted by Crippen LogP contribution is 2.15. The number of guanidine groups is 1. The van der Waals surface area contributed by atoms with E-state index in [1.165, 1.54) is 11.3 Å². The molecule has 5 nitrogen and oxygen atoms in total. The third-order valence-corrected chi connectivity index (χ3v) is 4.46. The molecule has 0 radical (unpaired) electrons. The molecule has 27 heavy (non-hydrogen) atoms. The Labute approximate surface area is 178 Å². The topological polar surface area (TPSA) is 54.2 Å². The zero-order valence-electron chi connectivity index (χ0n) is 16.9. The van der Waals surface area contributed by atoms with Crippen molar-refractivity contribution in [2.75, 3.05) is 6.54 Å². The molecular formula is C20H31FIN5. The average molecular weight is 487 g/mol. The summed E-state index contributed by atoms with van der Waals surface area (Å²) in [6.45, 7) is 9.93. The van der Waals surface area contributed by atoms with Crippen LogP contribution in [0.1, 0.15) is 48.8 Å². The molecule has 7 heteroatoms. The fraction of sp³-hybridized carbons (Fsp3) is 0.500. The van der Waals surface area contributed by atoms with E-state index in [4.69, 9.17) is 0 Å². The Kier molecular flexibility index (Phi) is 9.76. The predicted molar refractivity (Wildman–Crippen MR) is 120 cm³/mol. The Morgan fingerprint density at radius 1 is 1.19 bits per heavy atom. The molecular weight excluding hydrogens is 456 g/mol. The van der Waals surface area contributed by atoms with Crippen molar-refractivity contribution in [3.8, 4) is 0 Å². The molecule has 0 aliphatic rings. The van der Waals surface area contributed by atoms with Gasteiger partial charge in [0.15, 0.2) is 5.96 Å². The molecule has 0 saturated heterocycles. The molecule has 0 bridgehead atoms. The number of nitrogens with zero attached hydrogens (tertiary/aromatic N) is 3. The summed E-state index contributed by atoms with van der Waals surface area (Å²) in [5.41, 5.74) is 5.11. The van der Waals surface area contributed by atoms with Gasteiger partial charge in [-0.05, 0) is 43.9 Å². The van der Waals surface area contributed by atoms with E-state index in [2.05, 4.69) is 34.6 Å². The fourth-order valence-electron chi connectivity index (χ4n) is 3.01. The number of rotatable bonds is 7. The van der Waals surface area contributed by atoms with E-state index < -0.39 is 0 Å². The summed E-state index contributed by atoms with van der Waals surface area (Å²) in [7, 11) is 1.99. The smallest absolute Gasteiger partial charge is 0.191 e. The van der Waals surface area contributed by atoms with Gasteiger partial charge in [-0.2, -0.15) is 5.10 Å². The molecule has 0 aliphatic heterocycles. The summed E-state index contributed by atoms with van der Waals surface area (Å²) >= 11 is 0. The van der Waals surface area contributed by atoms with Gasteiger partial charge < -0.3 is 10.6 Å². The number of hydrogen-bond donors (Lipinski definition) is 2. The summed E-state index contributed by atoms with van der Waals surface area (Å²) in [6, 6.07) is 5.25. The normalized spacial score (nSPS) is 11.3. The van der Waals surface area contributed by atoms with Crippen molar-refractivity contribution in [3.05, 3.63) is 52.1 Å². The number of hydrogen-bond acceptors (Lipinski definition) is 2. The van der Waals surface area contributed by atoms with Crippen LogP contribution in [-0.4, -0.2) is 22.3 Å². The second-order valence-corrected chi connectivity index (χ2v) is 6.33. The summed E-state index contributed by atoms with van der Waals surface area (Å²) in [5, 5.41) is 11.2. The summed E-state index contributed by atoms with van der Waals surface area (Å²) in [4.78, 5) is 4.59. The number of halogens is 2. The van der Waals surface area contributed by atoms with Gasteiger partial charge in [-0.25, -0.2) is 9.38 Å². The number of aryl methyl sites for hydroxylation is 3. The van der Waals surface area contributed by atoms with E-state index in [-0.39, 0.29) is 29.8 Å². The third kappa shape index (κ3) is 6.19. The average Bonchev–Trinajstić information content (AvgIpc) is 2.94. The quantitative estimate of drug-likeness (QED) is 0.354. The first-order valence-electron chi connectivity index (χ1n) is 9.30. The monoisotopic (exact) mass is 487 g/mol. The zero-order chi connectivity index (χ0) is 19.1. The maximum absolute atomic E-state index is 13.7. The minimum atomic E-state index is -0.189. The first kappa shape index (κ1) is 23.4. The first-order valence-corrected chi connectivity index (χ1v) is 9.30. The van der Waals surface area contributed by atoms with Gasteiger partial charge in [0.25, 0.3) is 0 Å². The van der Waals surface area contributed by atoms with E-state index in [0.717, 1.165) is 36.6 Å². The van der Waals surface area contributed by atoms with Crippen molar-refractivity contribution in [2.45, 2.75) is 53.6 Å². The van der Waals surface area contributed by atoms with E-state index in [0.29, 0.717) is 18.7 Å². The molecule has 0 amide bonds. The van der Waals surface area contributed by atoms with Crippen LogP contribution in [0.3, 0.4) is 0 Å². The molecule has 0 atom stereocenters. The van der Waals surface area contributed by atoms with Crippen LogP contribution in [0, 0.1) is 12.7 Å². The molecule has 0 fully saturated rings. The van der Waals surface area contributed by atoms with Crippen molar-refractivity contribution in [1.29, 1.82) is 0 Å². The van der Waals surface area contributed by atoms with E-state index in [1.54, 1.807) is 19.1 Å². The molecule has 1 aromatic heterocycles. The lowest BCUT2D eigenvalue weighted by molar-refractivity contribution is 0.616. The molecule has 0 aliphatic carbocycles. The van der Waals surface area contributed by atoms with Crippen LogP contribution in [0.5, 0.6) is 0 Å². The molecule has 2 rings (SSSR count). The molecule has 1 aromatic carbocycles. The Balaban J connectivity index is 0.00000364. The van der Waals surface area contributed by atoms with Gasteiger partial charge in [-0.15, -0.1) is 24.0 Å². The van der Waals surface area contributed by atoms with Crippen LogP contribution in [0.15, 0.2) is 23.2 Å². The first-order chi connectivity index (χ1) is 12.5. The van der Waals surface area contributed by atoms with Gasteiger partial charge in [0, 0.05) is 31.4 Å². The van der Waals surface area contributed by atoms with Gasteiger partial charge in [0.05, 0.1) is 12.2 Å². The van der Waals surface area contributed by atoms with Crippen LogP contribution in [0.2, 0.25) is 0 Å². The largest absolute Gasteiger partial charge is 0.357 e. The standard InChI is InChI=1S/C20H30FN5.HI/c1-6-18-16(19(7-2)26(5)25-18)13-24-20(22-8-3)23-12-15-10-9-14(4)17(21)11-15;/h9-11H,6-8,12-13H2,1-5H3,(H2,22,23,24);1H. The van der Waals surface area contributed by atoms with Crippen LogP contribution in [0.25, 0.3) is 0 Å². The van der Waals surface area contributed by atoms with Crippen LogP contribution >= 0.6 is 24.0 Å². The third-order valence-electron chi connectivity index (χ3n) is 4.46. The molecule has 0 unspecified atom stereocenters. The van der Waals surface area contributed by atoms with Crippen LogP contribution in [0.4, 0.5) is 4.39 Å². The summed E-state index contributed by atoms with van der Waals surface area (Å²) in [6.07, 6.45) is 1.85. The fourth-order valence-corrected chi connectivity index (χ4v) is 3.01. The number of benzene rings is 1. The van der Waals surface area contributed by atoms with Crippen molar-refractivity contribution in [2.24, 2.45) is 12.0 Å².